The van der Waals surface area contributed by atoms with E-state index in [0.717, 1.165) is 4.31 Å². The van der Waals surface area contributed by atoms with Crippen molar-refractivity contribution in [1.29, 1.82) is 0 Å². The Kier molecular flexibility index (Phi) is 6.88. The Morgan fingerprint density at radius 2 is 1.81 bits per heavy atom. The molecule has 26 heavy (non-hydrogen) atoms. The van der Waals surface area contributed by atoms with Gasteiger partial charge < -0.3 is 10.1 Å². The molecule has 0 radical (unpaired) electrons. The normalized spacial score (nSPS) is 11.4. The molecule has 0 fully saturated rings. The second-order valence-corrected chi connectivity index (χ2v) is 8.23. The van der Waals surface area contributed by atoms with Gasteiger partial charge in [-0.1, -0.05) is 23.2 Å². The van der Waals surface area contributed by atoms with Gasteiger partial charge in [0.05, 0.1) is 28.8 Å². The first-order chi connectivity index (χ1) is 12.2. The first kappa shape index (κ1) is 20.5. The number of rotatable bonds is 7. The largest absolute Gasteiger partial charge is 0.494 e. The molecule has 0 unspecified atom stereocenters. The molecule has 0 aromatic heterocycles. The molecular weight excluding hydrogens is 399 g/mol. The molecule has 6 nitrogen and oxygen atoms in total. The summed E-state index contributed by atoms with van der Waals surface area (Å²) in [6.45, 7) is 1.96. The standard InChI is InChI=1S/C17H18Cl2N2O4S/c1-3-25-13-5-7-14(8-6-13)26(23,24)21(2)11-17(22)20-16-9-4-12(18)10-15(16)19/h4-10H,3,11H2,1-2H3,(H,20,22). The van der Waals surface area contributed by atoms with Crippen molar-refractivity contribution in [2.45, 2.75) is 11.8 Å². The highest BCUT2D eigenvalue weighted by Gasteiger charge is 2.23. The van der Waals surface area contributed by atoms with Gasteiger partial charge in [-0.2, -0.15) is 4.31 Å². The Morgan fingerprint density at radius 3 is 2.38 bits per heavy atom. The summed E-state index contributed by atoms with van der Waals surface area (Å²) >= 11 is 11.8. The minimum absolute atomic E-state index is 0.0702. The number of ether oxygens (including phenoxy) is 1. The molecule has 0 saturated carbocycles. The summed E-state index contributed by atoms with van der Waals surface area (Å²) in [6.07, 6.45) is 0. The van der Waals surface area contributed by atoms with E-state index in [-0.39, 0.29) is 16.5 Å². The number of benzene rings is 2. The van der Waals surface area contributed by atoms with E-state index in [4.69, 9.17) is 27.9 Å². The highest BCUT2D eigenvalue weighted by molar-refractivity contribution is 7.89. The Bertz CT molecular complexity index is 886. The molecule has 140 valence electrons. The smallest absolute Gasteiger partial charge is 0.243 e. The van der Waals surface area contributed by atoms with E-state index in [2.05, 4.69) is 5.32 Å². The zero-order valence-corrected chi connectivity index (χ0v) is 16.5. The summed E-state index contributed by atoms with van der Waals surface area (Å²) in [7, 11) is -2.48. The topological polar surface area (TPSA) is 75.7 Å². The molecule has 0 aliphatic rings. The fourth-order valence-corrected chi connectivity index (χ4v) is 3.71. The molecule has 0 spiro atoms. The van der Waals surface area contributed by atoms with Crippen molar-refractivity contribution in [1.82, 2.24) is 4.31 Å². The Hall–Kier alpha value is -1.80. The number of halogens is 2. The molecule has 0 aliphatic carbocycles. The molecule has 1 amide bonds. The molecule has 0 heterocycles. The molecule has 9 heteroatoms. The highest BCUT2D eigenvalue weighted by atomic mass is 35.5. The van der Waals surface area contributed by atoms with Crippen LogP contribution in [-0.2, 0) is 14.8 Å². The van der Waals surface area contributed by atoms with Gasteiger partial charge in [-0.15, -0.1) is 0 Å². The van der Waals surface area contributed by atoms with E-state index < -0.39 is 15.9 Å². The zero-order chi connectivity index (χ0) is 19.3. The van der Waals surface area contributed by atoms with Crippen LogP contribution in [0.25, 0.3) is 0 Å². The lowest BCUT2D eigenvalue weighted by molar-refractivity contribution is -0.116. The average Bonchev–Trinajstić information content (AvgIpc) is 2.58. The molecular formula is C17H18Cl2N2O4S. The Balaban J connectivity index is 2.07. The van der Waals surface area contributed by atoms with Crippen LogP contribution in [0.3, 0.4) is 0 Å². The molecule has 2 aromatic rings. The minimum Gasteiger partial charge on any atom is -0.494 e. The maximum Gasteiger partial charge on any atom is 0.243 e. The van der Waals surface area contributed by atoms with Crippen LogP contribution < -0.4 is 10.1 Å². The van der Waals surface area contributed by atoms with Crippen molar-refractivity contribution in [3.63, 3.8) is 0 Å². The van der Waals surface area contributed by atoms with Crippen molar-refractivity contribution < 1.29 is 17.9 Å². The summed E-state index contributed by atoms with van der Waals surface area (Å²) in [5.74, 6) is 0.0514. The van der Waals surface area contributed by atoms with Crippen molar-refractivity contribution in [2.24, 2.45) is 0 Å². The van der Waals surface area contributed by atoms with Gasteiger partial charge in [0.15, 0.2) is 0 Å². The van der Waals surface area contributed by atoms with Gasteiger partial charge >= 0.3 is 0 Å². The van der Waals surface area contributed by atoms with Crippen LogP contribution >= 0.6 is 23.2 Å². The van der Waals surface area contributed by atoms with Crippen molar-refractivity contribution in [2.75, 3.05) is 25.5 Å². The number of hydrogen-bond donors (Lipinski definition) is 1. The number of amides is 1. The molecule has 2 rings (SSSR count). The molecule has 2 aromatic carbocycles. The molecule has 0 saturated heterocycles. The molecule has 0 atom stereocenters. The van der Waals surface area contributed by atoms with Crippen LogP contribution in [-0.4, -0.2) is 38.8 Å². The second kappa shape index (κ2) is 8.73. The highest BCUT2D eigenvalue weighted by Crippen LogP contribution is 2.25. The third-order valence-electron chi connectivity index (χ3n) is 3.41. The lowest BCUT2D eigenvalue weighted by Crippen LogP contribution is -2.35. The molecule has 0 bridgehead atoms. The summed E-state index contributed by atoms with van der Waals surface area (Å²) in [5.41, 5.74) is 0.355. The number of likely N-dealkylation sites (N-methyl/N-ethyl adjacent to an activating group) is 1. The number of anilines is 1. The van der Waals surface area contributed by atoms with E-state index in [1.54, 1.807) is 24.3 Å². The van der Waals surface area contributed by atoms with Crippen LogP contribution in [0.4, 0.5) is 5.69 Å². The summed E-state index contributed by atoms with van der Waals surface area (Å²) < 4.78 is 31.4. The minimum atomic E-state index is -3.81. The van der Waals surface area contributed by atoms with Crippen LogP contribution in [0.1, 0.15) is 6.92 Å². The van der Waals surface area contributed by atoms with Crippen molar-refractivity contribution >= 4 is 44.8 Å². The maximum absolute atomic E-state index is 12.6. The number of sulfonamides is 1. The molecule has 1 N–H and O–H groups in total. The third-order valence-corrected chi connectivity index (χ3v) is 5.78. The summed E-state index contributed by atoms with van der Waals surface area (Å²) in [5, 5.41) is 3.26. The fraction of sp³-hybridized carbons (Fsp3) is 0.235. The Morgan fingerprint density at radius 1 is 1.15 bits per heavy atom. The van der Waals surface area contributed by atoms with E-state index in [1.807, 2.05) is 6.92 Å². The number of carbonyl (C=O) groups is 1. The van der Waals surface area contributed by atoms with Crippen molar-refractivity contribution in [3.8, 4) is 5.75 Å². The van der Waals surface area contributed by atoms with Crippen LogP contribution in [0.5, 0.6) is 5.75 Å². The number of hydrogen-bond acceptors (Lipinski definition) is 4. The fourth-order valence-electron chi connectivity index (χ4n) is 2.12. The predicted molar refractivity (Wildman–Crippen MR) is 103 cm³/mol. The third kappa shape index (κ3) is 5.11. The SMILES string of the molecule is CCOc1ccc(S(=O)(=O)N(C)CC(=O)Nc2ccc(Cl)cc2Cl)cc1. The summed E-state index contributed by atoms with van der Waals surface area (Å²) in [6, 6.07) is 10.6. The van der Waals surface area contributed by atoms with Crippen LogP contribution in [0, 0.1) is 0 Å². The van der Waals surface area contributed by atoms with Crippen molar-refractivity contribution in [3.05, 3.63) is 52.5 Å². The number of nitrogens with zero attached hydrogens (tertiary/aromatic N) is 1. The van der Waals surface area contributed by atoms with E-state index in [1.165, 1.54) is 25.2 Å². The quantitative estimate of drug-likeness (QED) is 0.746. The van der Waals surface area contributed by atoms with Gasteiger partial charge in [0, 0.05) is 12.1 Å². The lowest BCUT2D eigenvalue weighted by Gasteiger charge is -2.17. The van der Waals surface area contributed by atoms with Gasteiger partial charge in [0.25, 0.3) is 0 Å². The van der Waals surface area contributed by atoms with Crippen LogP contribution in [0.2, 0.25) is 10.0 Å². The van der Waals surface area contributed by atoms with Gasteiger partial charge in [-0.05, 0) is 49.4 Å². The Labute approximate surface area is 162 Å². The maximum atomic E-state index is 12.6. The van der Waals surface area contributed by atoms with E-state index >= 15 is 0 Å². The average molecular weight is 417 g/mol. The van der Waals surface area contributed by atoms with E-state index in [0.29, 0.717) is 23.1 Å². The second-order valence-electron chi connectivity index (χ2n) is 5.34. The number of nitrogens with one attached hydrogen (secondary N) is 1. The monoisotopic (exact) mass is 416 g/mol. The van der Waals surface area contributed by atoms with Gasteiger partial charge in [-0.3, -0.25) is 4.79 Å². The van der Waals surface area contributed by atoms with Crippen LogP contribution in [0.15, 0.2) is 47.4 Å². The summed E-state index contributed by atoms with van der Waals surface area (Å²) in [4.78, 5) is 12.2. The first-order valence-corrected chi connectivity index (χ1v) is 9.87. The zero-order valence-electron chi connectivity index (χ0n) is 14.2. The van der Waals surface area contributed by atoms with Gasteiger partial charge in [0.1, 0.15) is 5.75 Å². The first-order valence-electron chi connectivity index (χ1n) is 7.68. The van der Waals surface area contributed by atoms with Gasteiger partial charge in [0.2, 0.25) is 15.9 Å². The lowest BCUT2D eigenvalue weighted by atomic mass is 10.3. The predicted octanol–water partition coefficient (Wildman–Crippen LogP) is 3.65. The van der Waals surface area contributed by atoms with E-state index in [9.17, 15) is 13.2 Å². The van der Waals surface area contributed by atoms with Gasteiger partial charge in [-0.25, -0.2) is 8.42 Å². The number of carbonyl (C=O) groups excluding carboxylic acids is 1. The molecule has 0 aliphatic heterocycles.